The predicted molar refractivity (Wildman–Crippen MR) is 68.8 cm³/mol. The van der Waals surface area contributed by atoms with Gasteiger partial charge in [-0.15, -0.1) is 0 Å². The van der Waals surface area contributed by atoms with Crippen molar-refractivity contribution in [2.75, 3.05) is 39.3 Å². The van der Waals surface area contributed by atoms with Crippen molar-refractivity contribution < 1.29 is 4.74 Å². The molecular weight excluding hydrogens is 200 g/mol. The summed E-state index contributed by atoms with van der Waals surface area (Å²) in [4.78, 5) is 2.55. The van der Waals surface area contributed by atoms with Gasteiger partial charge in [-0.1, -0.05) is 6.92 Å². The molecule has 1 aliphatic rings. The lowest BCUT2D eigenvalue weighted by molar-refractivity contribution is 0.0488. The Bertz CT molecular complexity index is 173. The number of hydrogen-bond acceptors (Lipinski definition) is 3. The van der Waals surface area contributed by atoms with Gasteiger partial charge in [0.15, 0.2) is 0 Å². The van der Waals surface area contributed by atoms with E-state index in [2.05, 4.69) is 31.0 Å². The summed E-state index contributed by atoms with van der Waals surface area (Å²) < 4.78 is 5.60. The van der Waals surface area contributed by atoms with E-state index in [1.807, 2.05) is 0 Å². The summed E-state index contributed by atoms with van der Waals surface area (Å²) in [5.74, 6) is 0.841. The Morgan fingerprint density at radius 3 is 2.94 bits per heavy atom. The number of piperidine rings is 1. The Morgan fingerprint density at radius 1 is 1.44 bits per heavy atom. The highest BCUT2D eigenvalue weighted by Crippen LogP contribution is 2.15. The third kappa shape index (κ3) is 5.83. The number of rotatable bonds is 7. The molecule has 0 bridgehead atoms. The Kier molecular flexibility index (Phi) is 7.01. The van der Waals surface area contributed by atoms with Gasteiger partial charge >= 0.3 is 0 Å². The molecule has 16 heavy (non-hydrogen) atoms. The molecule has 1 rings (SSSR count). The van der Waals surface area contributed by atoms with Gasteiger partial charge in [0.25, 0.3) is 0 Å². The first-order valence-electron chi connectivity index (χ1n) is 6.77. The van der Waals surface area contributed by atoms with Gasteiger partial charge in [-0.25, -0.2) is 0 Å². The molecule has 96 valence electrons. The Labute approximate surface area is 101 Å². The molecule has 1 saturated heterocycles. The topological polar surface area (TPSA) is 24.5 Å². The molecule has 0 radical (unpaired) electrons. The Morgan fingerprint density at radius 2 is 2.25 bits per heavy atom. The second-order valence-electron chi connectivity index (χ2n) is 5.04. The van der Waals surface area contributed by atoms with E-state index in [4.69, 9.17) is 4.74 Å². The second-order valence-corrected chi connectivity index (χ2v) is 5.04. The highest BCUT2D eigenvalue weighted by Gasteiger charge is 2.18. The molecule has 0 saturated carbocycles. The summed E-state index contributed by atoms with van der Waals surface area (Å²) in [6, 6.07) is 0. The average Bonchev–Trinajstić information content (AvgIpc) is 2.26. The second kappa shape index (κ2) is 8.04. The zero-order valence-electron chi connectivity index (χ0n) is 11.2. The summed E-state index contributed by atoms with van der Waals surface area (Å²) in [6.45, 7) is 13.1. The molecule has 3 heteroatoms. The van der Waals surface area contributed by atoms with Crippen LogP contribution in [0, 0.1) is 5.92 Å². The average molecular weight is 228 g/mol. The van der Waals surface area contributed by atoms with Crippen molar-refractivity contribution in [3.05, 3.63) is 0 Å². The van der Waals surface area contributed by atoms with Crippen molar-refractivity contribution in [1.29, 1.82) is 0 Å². The largest absolute Gasteiger partial charge is 0.377 e. The summed E-state index contributed by atoms with van der Waals surface area (Å²) in [6.07, 6.45) is 3.09. The van der Waals surface area contributed by atoms with Gasteiger partial charge in [-0.05, 0) is 52.2 Å². The van der Waals surface area contributed by atoms with Crippen molar-refractivity contribution in [2.24, 2.45) is 5.92 Å². The van der Waals surface area contributed by atoms with Crippen LogP contribution in [0.4, 0.5) is 0 Å². The van der Waals surface area contributed by atoms with Crippen molar-refractivity contribution in [3.63, 3.8) is 0 Å². The van der Waals surface area contributed by atoms with Crippen LogP contribution in [0.3, 0.4) is 0 Å². The number of nitrogens with one attached hydrogen (secondary N) is 1. The molecule has 1 aliphatic heterocycles. The Balaban J connectivity index is 2.12. The lowest BCUT2D eigenvalue weighted by atomic mass is 9.98. The Hall–Kier alpha value is -0.120. The van der Waals surface area contributed by atoms with Crippen LogP contribution in [-0.4, -0.2) is 50.3 Å². The third-order valence-electron chi connectivity index (χ3n) is 3.14. The van der Waals surface area contributed by atoms with Gasteiger partial charge in [0.2, 0.25) is 0 Å². The van der Waals surface area contributed by atoms with E-state index in [0.29, 0.717) is 6.10 Å². The number of nitrogens with zero attached hydrogens (tertiary/aromatic N) is 1. The van der Waals surface area contributed by atoms with E-state index in [1.165, 1.54) is 32.5 Å². The quantitative estimate of drug-likeness (QED) is 0.718. The summed E-state index contributed by atoms with van der Waals surface area (Å²) in [7, 11) is 0. The van der Waals surface area contributed by atoms with E-state index >= 15 is 0 Å². The number of ether oxygens (including phenoxy) is 1. The highest BCUT2D eigenvalue weighted by molar-refractivity contribution is 4.74. The lowest BCUT2D eigenvalue weighted by Crippen LogP contribution is -2.41. The fourth-order valence-electron chi connectivity index (χ4n) is 2.29. The minimum atomic E-state index is 0.363. The molecule has 0 aromatic carbocycles. The minimum absolute atomic E-state index is 0.363. The van der Waals surface area contributed by atoms with E-state index in [0.717, 1.165) is 25.6 Å². The lowest BCUT2D eigenvalue weighted by Gasteiger charge is -2.32. The molecule has 0 aromatic rings. The molecule has 3 nitrogen and oxygen atoms in total. The summed E-state index contributed by atoms with van der Waals surface area (Å²) in [5.41, 5.74) is 0. The van der Waals surface area contributed by atoms with E-state index in [9.17, 15) is 0 Å². The number of hydrogen-bond donors (Lipinski definition) is 1. The van der Waals surface area contributed by atoms with Crippen LogP contribution in [0.2, 0.25) is 0 Å². The fourth-order valence-corrected chi connectivity index (χ4v) is 2.29. The van der Waals surface area contributed by atoms with E-state index < -0.39 is 0 Å². The molecule has 0 aromatic heterocycles. The van der Waals surface area contributed by atoms with Crippen molar-refractivity contribution in [2.45, 2.75) is 39.7 Å². The monoisotopic (exact) mass is 228 g/mol. The fraction of sp³-hybridized carbons (Fsp3) is 1.00. The van der Waals surface area contributed by atoms with Crippen LogP contribution in [0.15, 0.2) is 0 Å². The van der Waals surface area contributed by atoms with Gasteiger partial charge in [-0.3, -0.25) is 0 Å². The first-order chi connectivity index (χ1) is 7.72. The smallest absolute Gasteiger partial charge is 0.0596 e. The SMILES string of the molecule is CCNCC1CCCN(CCOC(C)C)C1. The van der Waals surface area contributed by atoms with Crippen molar-refractivity contribution in [1.82, 2.24) is 10.2 Å². The zero-order valence-corrected chi connectivity index (χ0v) is 11.2. The number of likely N-dealkylation sites (tertiary alicyclic amines) is 1. The first-order valence-corrected chi connectivity index (χ1v) is 6.77. The molecule has 0 spiro atoms. The van der Waals surface area contributed by atoms with Crippen LogP contribution in [0.5, 0.6) is 0 Å². The molecule has 1 heterocycles. The first kappa shape index (κ1) is 13.9. The normalized spacial score (nSPS) is 22.9. The maximum absolute atomic E-state index is 5.60. The molecule has 1 unspecified atom stereocenters. The maximum atomic E-state index is 5.60. The van der Waals surface area contributed by atoms with Gasteiger partial charge in [0.1, 0.15) is 0 Å². The minimum Gasteiger partial charge on any atom is -0.377 e. The summed E-state index contributed by atoms with van der Waals surface area (Å²) >= 11 is 0. The predicted octanol–water partition coefficient (Wildman–Crippen LogP) is 1.73. The van der Waals surface area contributed by atoms with Crippen LogP contribution >= 0.6 is 0 Å². The van der Waals surface area contributed by atoms with Crippen molar-refractivity contribution >= 4 is 0 Å². The molecule has 0 amide bonds. The summed E-state index contributed by atoms with van der Waals surface area (Å²) in [5, 5.41) is 3.45. The molecule has 0 aliphatic carbocycles. The molecule has 1 atom stereocenters. The van der Waals surface area contributed by atoms with Crippen molar-refractivity contribution in [3.8, 4) is 0 Å². The van der Waals surface area contributed by atoms with Crippen LogP contribution in [0.1, 0.15) is 33.6 Å². The van der Waals surface area contributed by atoms with Gasteiger partial charge in [-0.2, -0.15) is 0 Å². The molecule has 1 N–H and O–H groups in total. The van der Waals surface area contributed by atoms with Gasteiger partial charge in [0.05, 0.1) is 12.7 Å². The van der Waals surface area contributed by atoms with Crippen LogP contribution in [0.25, 0.3) is 0 Å². The molecular formula is C13H28N2O. The molecule has 1 fully saturated rings. The standard InChI is InChI=1S/C13H28N2O/c1-4-14-10-13-6-5-7-15(11-13)8-9-16-12(2)3/h12-14H,4-11H2,1-3H3. The third-order valence-corrected chi connectivity index (χ3v) is 3.14. The van der Waals surface area contributed by atoms with E-state index in [-0.39, 0.29) is 0 Å². The maximum Gasteiger partial charge on any atom is 0.0596 e. The highest BCUT2D eigenvalue weighted by atomic mass is 16.5. The van der Waals surface area contributed by atoms with Crippen LogP contribution in [-0.2, 0) is 4.74 Å². The van der Waals surface area contributed by atoms with Gasteiger partial charge in [0, 0.05) is 13.1 Å². The zero-order chi connectivity index (χ0) is 11.8. The van der Waals surface area contributed by atoms with Gasteiger partial charge < -0.3 is 15.0 Å². The van der Waals surface area contributed by atoms with Crippen LogP contribution < -0.4 is 5.32 Å². The van der Waals surface area contributed by atoms with E-state index in [1.54, 1.807) is 0 Å².